The highest BCUT2D eigenvalue weighted by molar-refractivity contribution is 5.89. The van der Waals surface area contributed by atoms with Crippen LogP contribution in [0, 0.1) is 0 Å². The maximum absolute atomic E-state index is 11.6. The first-order valence-electron chi connectivity index (χ1n) is 6.66. The van der Waals surface area contributed by atoms with E-state index in [2.05, 4.69) is 5.32 Å². The summed E-state index contributed by atoms with van der Waals surface area (Å²) in [5.74, 6) is -0.920. The predicted octanol–water partition coefficient (Wildman–Crippen LogP) is 2.05. The van der Waals surface area contributed by atoms with Crippen LogP contribution in [0.1, 0.15) is 49.7 Å². The van der Waals surface area contributed by atoms with Gasteiger partial charge in [0.05, 0.1) is 5.56 Å². The molecule has 0 atom stereocenters. The number of hydrogen-bond donors (Lipinski definition) is 2. The smallest absolute Gasteiger partial charge is 0.337 e. The summed E-state index contributed by atoms with van der Waals surface area (Å²) in [5.41, 5.74) is 1.14. The fourth-order valence-corrected chi connectivity index (χ4v) is 2.04. The highest BCUT2D eigenvalue weighted by Crippen LogP contribution is 2.14. The molecule has 1 aromatic heterocycles. The Morgan fingerprint density at radius 1 is 1.42 bits per heavy atom. The van der Waals surface area contributed by atoms with E-state index in [0.717, 1.165) is 12.1 Å². The molecular weight excluding hydrogens is 244 g/mol. The van der Waals surface area contributed by atoms with Crippen molar-refractivity contribution in [3.63, 3.8) is 0 Å². The van der Waals surface area contributed by atoms with Gasteiger partial charge in [0.25, 0.3) is 0 Å². The van der Waals surface area contributed by atoms with Gasteiger partial charge in [-0.2, -0.15) is 0 Å². The summed E-state index contributed by atoms with van der Waals surface area (Å²) in [7, 11) is 0. The number of amides is 1. The number of hydrogen-bond acceptors (Lipinski definition) is 2. The van der Waals surface area contributed by atoms with E-state index in [1.165, 1.54) is 0 Å². The van der Waals surface area contributed by atoms with E-state index >= 15 is 0 Å². The van der Waals surface area contributed by atoms with Crippen molar-refractivity contribution in [1.82, 2.24) is 9.88 Å². The van der Waals surface area contributed by atoms with Crippen molar-refractivity contribution >= 4 is 11.9 Å². The molecular formula is C14H22N2O3. The largest absolute Gasteiger partial charge is 0.478 e. The van der Waals surface area contributed by atoms with Crippen LogP contribution in [-0.4, -0.2) is 27.6 Å². The first-order valence-corrected chi connectivity index (χ1v) is 6.66. The Hall–Kier alpha value is -1.78. The van der Waals surface area contributed by atoms with Gasteiger partial charge in [-0.15, -0.1) is 0 Å². The van der Waals surface area contributed by atoms with Crippen molar-refractivity contribution in [1.29, 1.82) is 0 Å². The summed E-state index contributed by atoms with van der Waals surface area (Å²) in [6.07, 6.45) is 3.70. The average Bonchev–Trinajstić information content (AvgIpc) is 2.69. The Morgan fingerprint density at radius 3 is 2.63 bits per heavy atom. The summed E-state index contributed by atoms with van der Waals surface area (Å²) < 4.78 is 1.87. The molecule has 0 saturated heterocycles. The van der Waals surface area contributed by atoms with Gasteiger partial charge < -0.3 is 15.0 Å². The molecule has 0 radical (unpaired) electrons. The number of carboxylic acid groups (broad SMARTS) is 1. The number of nitrogens with zero attached hydrogens (tertiary/aromatic N) is 1. The van der Waals surface area contributed by atoms with Crippen molar-refractivity contribution < 1.29 is 14.7 Å². The first kappa shape index (κ1) is 15.3. The van der Waals surface area contributed by atoms with Gasteiger partial charge in [0.15, 0.2) is 0 Å². The Kier molecular flexibility index (Phi) is 5.60. The lowest BCUT2D eigenvalue weighted by molar-refractivity contribution is -0.121. The third kappa shape index (κ3) is 4.43. The zero-order valence-corrected chi connectivity index (χ0v) is 11.8. The Balaban J connectivity index is 2.72. The van der Waals surface area contributed by atoms with E-state index < -0.39 is 5.97 Å². The van der Waals surface area contributed by atoms with Gasteiger partial charge in [-0.05, 0) is 26.3 Å². The second kappa shape index (κ2) is 6.97. The van der Waals surface area contributed by atoms with Gasteiger partial charge in [-0.25, -0.2) is 4.79 Å². The first-order chi connectivity index (χ1) is 8.95. The van der Waals surface area contributed by atoms with E-state index in [9.17, 15) is 9.59 Å². The van der Waals surface area contributed by atoms with Crippen LogP contribution in [0.4, 0.5) is 0 Å². The highest BCUT2D eigenvalue weighted by atomic mass is 16.4. The zero-order valence-electron chi connectivity index (χ0n) is 11.8. The quantitative estimate of drug-likeness (QED) is 0.793. The van der Waals surface area contributed by atoms with Crippen LogP contribution in [0.25, 0.3) is 0 Å². The minimum atomic E-state index is -0.908. The SMILES string of the molecule is CCCc1c(C(=O)O)ccn1CCC(=O)NC(C)C. The van der Waals surface area contributed by atoms with Gasteiger partial charge >= 0.3 is 5.97 Å². The molecule has 19 heavy (non-hydrogen) atoms. The molecule has 106 valence electrons. The number of nitrogens with one attached hydrogen (secondary N) is 1. The summed E-state index contributed by atoms with van der Waals surface area (Å²) >= 11 is 0. The molecule has 1 aromatic rings. The van der Waals surface area contributed by atoms with E-state index in [1.807, 2.05) is 25.3 Å². The van der Waals surface area contributed by atoms with E-state index in [-0.39, 0.29) is 11.9 Å². The van der Waals surface area contributed by atoms with Crippen molar-refractivity contribution in [2.45, 2.75) is 52.6 Å². The fourth-order valence-electron chi connectivity index (χ4n) is 2.04. The maximum Gasteiger partial charge on any atom is 0.337 e. The summed E-state index contributed by atoms with van der Waals surface area (Å²) in [6, 6.07) is 1.73. The molecule has 0 aliphatic carbocycles. The molecule has 5 nitrogen and oxygen atoms in total. The normalized spacial score (nSPS) is 10.7. The lowest BCUT2D eigenvalue weighted by atomic mass is 10.1. The molecule has 1 amide bonds. The van der Waals surface area contributed by atoms with Crippen LogP contribution in [0.3, 0.4) is 0 Å². The molecule has 0 bridgehead atoms. The number of rotatable bonds is 7. The number of aromatic nitrogens is 1. The molecule has 0 saturated carbocycles. The molecule has 0 aliphatic heterocycles. The summed E-state index contributed by atoms with van der Waals surface area (Å²) in [6.45, 7) is 6.35. The lowest BCUT2D eigenvalue weighted by Gasteiger charge is -2.11. The molecule has 0 fully saturated rings. The lowest BCUT2D eigenvalue weighted by Crippen LogP contribution is -2.30. The molecule has 0 aromatic carbocycles. The highest BCUT2D eigenvalue weighted by Gasteiger charge is 2.14. The Bertz CT molecular complexity index is 450. The van der Waals surface area contributed by atoms with Crippen LogP contribution in [0.5, 0.6) is 0 Å². The van der Waals surface area contributed by atoms with Crippen molar-refractivity contribution in [2.75, 3.05) is 0 Å². The van der Waals surface area contributed by atoms with Crippen LogP contribution < -0.4 is 5.32 Å². The van der Waals surface area contributed by atoms with E-state index in [1.54, 1.807) is 12.3 Å². The number of aromatic carboxylic acids is 1. The predicted molar refractivity (Wildman–Crippen MR) is 73.3 cm³/mol. The zero-order chi connectivity index (χ0) is 14.4. The number of carboxylic acids is 1. The van der Waals surface area contributed by atoms with Crippen molar-refractivity contribution in [3.05, 3.63) is 23.5 Å². The molecule has 2 N–H and O–H groups in total. The summed E-state index contributed by atoms with van der Waals surface area (Å²) in [4.78, 5) is 22.7. The van der Waals surface area contributed by atoms with Gasteiger partial charge in [-0.3, -0.25) is 4.79 Å². The average molecular weight is 266 g/mol. The maximum atomic E-state index is 11.6. The second-order valence-electron chi connectivity index (χ2n) is 4.90. The molecule has 1 rings (SSSR count). The topological polar surface area (TPSA) is 71.3 Å². The van der Waals surface area contributed by atoms with Gasteiger partial charge in [-0.1, -0.05) is 13.3 Å². The number of carbonyl (C=O) groups is 2. The Labute approximate surface area is 113 Å². The van der Waals surface area contributed by atoms with Crippen molar-refractivity contribution in [2.24, 2.45) is 0 Å². The fraction of sp³-hybridized carbons (Fsp3) is 0.571. The standard InChI is InChI=1S/C14H22N2O3/c1-4-5-12-11(14(18)19)6-8-16(12)9-7-13(17)15-10(2)3/h6,8,10H,4-5,7,9H2,1-3H3,(H,15,17)(H,18,19). The van der Waals surface area contributed by atoms with E-state index in [4.69, 9.17) is 5.11 Å². The van der Waals surface area contributed by atoms with E-state index in [0.29, 0.717) is 24.9 Å². The second-order valence-corrected chi connectivity index (χ2v) is 4.90. The molecule has 1 heterocycles. The van der Waals surface area contributed by atoms with Crippen LogP contribution in [0.2, 0.25) is 0 Å². The monoisotopic (exact) mass is 266 g/mol. The van der Waals surface area contributed by atoms with Gasteiger partial charge in [0.1, 0.15) is 0 Å². The minimum absolute atomic E-state index is 0.0111. The van der Waals surface area contributed by atoms with Crippen LogP contribution >= 0.6 is 0 Å². The molecule has 0 unspecified atom stereocenters. The molecule has 5 heteroatoms. The number of aryl methyl sites for hydroxylation is 1. The third-order valence-corrected chi connectivity index (χ3v) is 2.83. The summed E-state index contributed by atoms with van der Waals surface area (Å²) in [5, 5.41) is 11.9. The third-order valence-electron chi connectivity index (χ3n) is 2.83. The minimum Gasteiger partial charge on any atom is -0.478 e. The van der Waals surface area contributed by atoms with Crippen molar-refractivity contribution in [3.8, 4) is 0 Å². The Morgan fingerprint density at radius 2 is 2.11 bits per heavy atom. The van der Waals surface area contributed by atoms with Gasteiger partial charge in [0, 0.05) is 30.9 Å². The van der Waals surface area contributed by atoms with Gasteiger partial charge in [0.2, 0.25) is 5.91 Å². The van der Waals surface area contributed by atoms with Crippen LogP contribution in [0.15, 0.2) is 12.3 Å². The molecule has 0 spiro atoms. The van der Waals surface area contributed by atoms with Crippen LogP contribution in [-0.2, 0) is 17.8 Å². The molecule has 0 aliphatic rings. The number of carbonyl (C=O) groups excluding carboxylic acids is 1.